The maximum atomic E-state index is 13.2. The van der Waals surface area contributed by atoms with Crippen LogP contribution in [0, 0.1) is 0 Å². The fourth-order valence-electron chi connectivity index (χ4n) is 6.30. The number of benzene rings is 3. The molecule has 1 unspecified atom stereocenters. The molecule has 232 valence electrons. The zero-order valence-electron chi connectivity index (χ0n) is 26.2. The molecule has 1 aliphatic rings. The molecule has 0 radical (unpaired) electrons. The first-order valence-corrected chi connectivity index (χ1v) is 15.8. The number of hydrogen-bond donors (Lipinski definition) is 1. The van der Waals surface area contributed by atoms with Crippen molar-refractivity contribution in [3.8, 4) is 5.75 Å². The molecule has 0 aliphatic carbocycles. The molecule has 0 bridgehead atoms. The number of hydrogen-bond acceptors (Lipinski definition) is 6. The Morgan fingerprint density at radius 3 is 2.47 bits per heavy atom. The minimum atomic E-state index is 0.0514. The van der Waals surface area contributed by atoms with Crippen molar-refractivity contribution in [2.45, 2.75) is 37.8 Å². The topological polar surface area (TPSA) is 75.5 Å². The summed E-state index contributed by atoms with van der Waals surface area (Å²) in [5.74, 6) is 2.03. The van der Waals surface area contributed by atoms with Gasteiger partial charge in [0.15, 0.2) is 0 Å². The van der Waals surface area contributed by atoms with Crippen LogP contribution in [-0.4, -0.2) is 76.6 Å². The van der Waals surface area contributed by atoms with Crippen molar-refractivity contribution < 1.29 is 9.53 Å². The van der Waals surface area contributed by atoms with Gasteiger partial charge in [0.05, 0.1) is 24.7 Å². The fourth-order valence-corrected chi connectivity index (χ4v) is 6.30. The second-order valence-corrected chi connectivity index (χ2v) is 11.9. The van der Waals surface area contributed by atoms with Crippen LogP contribution in [0.2, 0.25) is 0 Å². The summed E-state index contributed by atoms with van der Waals surface area (Å²) < 4.78 is 7.67. The molecule has 0 saturated carbocycles. The number of nitrogens with one attached hydrogen (secondary N) is 1. The number of para-hydroxylation sites is 2. The summed E-state index contributed by atoms with van der Waals surface area (Å²) in [6.45, 7) is 4.41. The van der Waals surface area contributed by atoms with Crippen LogP contribution in [0.25, 0.3) is 11.0 Å². The van der Waals surface area contributed by atoms with Crippen LogP contribution >= 0.6 is 0 Å². The summed E-state index contributed by atoms with van der Waals surface area (Å²) >= 11 is 0. The highest BCUT2D eigenvalue weighted by Crippen LogP contribution is 2.27. The Morgan fingerprint density at radius 1 is 0.978 bits per heavy atom. The van der Waals surface area contributed by atoms with E-state index >= 15 is 0 Å². The third kappa shape index (κ3) is 7.52. The van der Waals surface area contributed by atoms with E-state index in [2.05, 4.69) is 56.2 Å². The Bertz CT molecular complexity index is 1660. The third-order valence-electron chi connectivity index (χ3n) is 8.88. The maximum absolute atomic E-state index is 13.2. The zero-order chi connectivity index (χ0) is 31.0. The van der Waals surface area contributed by atoms with Crippen molar-refractivity contribution in [2.24, 2.45) is 0 Å². The van der Waals surface area contributed by atoms with Crippen LogP contribution < -0.4 is 10.1 Å². The van der Waals surface area contributed by atoms with Crippen LogP contribution in [0.4, 0.5) is 5.95 Å². The number of imidazole rings is 1. The Labute approximate surface area is 265 Å². The van der Waals surface area contributed by atoms with Gasteiger partial charge in [-0.05, 0) is 79.4 Å². The Hall–Kier alpha value is -4.69. The number of carbonyl (C=O) groups is 1. The molecule has 1 saturated heterocycles. The van der Waals surface area contributed by atoms with Gasteiger partial charge in [-0.25, -0.2) is 4.98 Å². The molecular weight excluding hydrogens is 560 g/mol. The standard InChI is InChI=1S/C37H42N6O2/c1-41(36(44)30-10-4-3-5-11-30)27-31(29-14-16-33(45-2)17-15-29)18-22-42-23-19-32(20-24-42)39-37-40-34-12-6-7-13-35(34)43(37)26-28-9-8-21-38-25-28/h3-17,21,25,31-32H,18-20,22-24,26-27H2,1-2H3,(H,39,40). The number of pyridine rings is 1. The first kappa shape index (κ1) is 30.3. The molecule has 1 N–H and O–H groups in total. The molecule has 1 amide bonds. The SMILES string of the molecule is COc1ccc(C(CCN2CCC(Nc3nc4ccccc4n3Cc3cccnc3)CC2)CN(C)C(=O)c2ccccc2)cc1. The minimum absolute atomic E-state index is 0.0514. The molecule has 8 heteroatoms. The van der Waals surface area contributed by atoms with Crippen molar-refractivity contribution in [2.75, 3.05) is 45.7 Å². The second kappa shape index (κ2) is 14.4. The lowest BCUT2D eigenvalue weighted by molar-refractivity contribution is 0.0782. The van der Waals surface area contributed by atoms with Crippen molar-refractivity contribution in [3.05, 3.63) is 120 Å². The van der Waals surface area contributed by atoms with Gasteiger partial charge in [-0.2, -0.15) is 0 Å². The monoisotopic (exact) mass is 602 g/mol. The van der Waals surface area contributed by atoms with E-state index < -0.39 is 0 Å². The molecule has 45 heavy (non-hydrogen) atoms. The van der Waals surface area contributed by atoms with Crippen molar-refractivity contribution in [1.29, 1.82) is 0 Å². The molecule has 1 atom stereocenters. The van der Waals surface area contributed by atoms with Gasteiger partial charge in [0.25, 0.3) is 5.91 Å². The lowest BCUT2D eigenvalue weighted by Crippen LogP contribution is -2.40. The Balaban J connectivity index is 1.08. The summed E-state index contributed by atoms with van der Waals surface area (Å²) in [6.07, 6.45) is 6.80. The predicted molar refractivity (Wildman–Crippen MR) is 180 cm³/mol. The molecule has 0 spiro atoms. The summed E-state index contributed by atoms with van der Waals surface area (Å²) in [6, 6.07) is 30.6. The lowest BCUT2D eigenvalue weighted by atomic mass is 9.94. The number of carbonyl (C=O) groups excluding carboxylic acids is 1. The molecular formula is C37H42N6O2. The van der Waals surface area contributed by atoms with E-state index in [9.17, 15) is 4.79 Å². The summed E-state index contributed by atoms with van der Waals surface area (Å²) in [7, 11) is 3.60. The highest BCUT2D eigenvalue weighted by Gasteiger charge is 2.24. The van der Waals surface area contributed by atoms with Gasteiger partial charge in [0, 0.05) is 56.6 Å². The minimum Gasteiger partial charge on any atom is -0.497 e. The summed E-state index contributed by atoms with van der Waals surface area (Å²) in [5, 5.41) is 3.78. The van der Waals surface area contributed by atoms with E-state index in [1.807, 2.05) is 78.9 Å². The molecule has 2 aromatic heterocycles. The summed E-state index contributed by atoms with van der Waals surface area (Å²) in [5.41, 5.74) is 5.23. The molecule has 6 rings (SSSR count). The van der Waals surface area contributed by atoms with Gasteiger partial charge in [0.2, 0.25) is 5.95 Å². The number of piperidine rings is 1. The van der Waals surface area contributed by atoms with E-state index in [1.165, 1.54) is 5.56 Å². The van der Waals surface area contributed by atoms with Crippen LogP contribution in [-0.2, 0) is 6.54 Å². The van der Waals surface area contributed by atoms with Crippen LogP contribution in [0.5, 0.6) is 5.75 Å². The van der Waals surface area contributed by atoms with Gasteiger partial charge >= 0.3 is 0 Å². The number of likely N-dealkylation sites (tertiary alicyclic amines) is 1. The van der Waals surface area contributed by atoms with E-state index in [4.69, 9.17) is 9.72 Å². The molecule has 3 aromatic carbocycles. The van der Waals surface area contributed by atoms with Crippen LogP contribution in [0.1, 0.15) is 46.7 Å². The lowest BCUT2D eigenvalue weighted by Gasteiger charge is -2.34. The van der Waals surface area contributed by atoms with Crippen molar-refractivity contribution in [3.63, 3.8) is 0 Å². The van der Waals surface area contributed by atoms with Crippen molar-refractivity contribution in [1.82, 2.24) is 24.3 Å². The average Bonchev–Trinajstić information content (AvgIpc) is 3.44. The van der Waals surface area contributed by atoms with Gasteiger partial charge < -0.3 is 24.4 Å². The van der Waals surface area contributed by atoms with E-state index in [1.54, 1.807) is 7.11 Å². The number of rotatable bonds is 12. The van der Waals surface area contributed by atoms with E-state index in [0.717, 1.165) is 79.3 Å². The molecule has 5 aromatic rings. The van der Waals surface area contributed by atoms with Gasteiger partial charge in [-0.1, -0.05) is 48.5 Å². The number of fused-ring (bicyclic) bond motifs is 1. The van der Waals surface area contributed by atoms with E-state index in [0.29, 0.717) is 12.6 Å². The molecule has 1 fully saturated rings. The van der Waals surface area contributed by atoms with Gasteiger partial charge in [-0.15, -0.1) is 0 Å². The smallest absolute Gasteiger partial charge is 0.253 e. The summed E-state index contributed by atoms with van der Waals surface area (Å²) in [4.78, 5) is 26.9. The highest BCUT2D eigenvalue weighted by atomic mass is 16.5. The maximum Gasteiger partial charge on any atom is 0.253 e. The van der Waals surface area contributed by atoms with Crippen molar-refractivity contribution >= 4 is 22.9 Å². The number of amides is 1. The fraction of sp³-hybridized carbons (Fsp3) is 0.324. The first-order valence-electron chi connectivity index (χ1n) is 15.8. The van der Waals surface area contributed by atoms with Crippen LogP contribution in [0.3, 0.4) is 0 Å². The molecule has 1 aliphatic heterocycles. The Morgan fingerprint density at radius 2 is 1.73 bits per heavy atom. The second-order valence-electron chi connectivity index (χ2n) is 11.9. The van der Waals surface area contributed by atoms with Gasteiger partial charge in [-0.3, -0.25) is 9.78 Å². The highest BCUT2D eigenvalue weighted by molar-refractivity contribution is 5.94. The van der Waals surface area contributed by atoms with Gasteiger partial charge in [0.1, 0.15) is 5.75 Å². The molecule has 8 nitrogen and oxygen atoms in total. The van der Waals surface area contributed by atoms with E-state index in [-0.39, 0.29) is 11.8 Å². The number of nitrogens with zero attached hydrogens (tertiary/aromatic N) is 5. The predicted octanol–water partition coefficient (Wildman–Crippen LogP) is 6.31. The zero-order valence-corrected chi connectivity index (χ0v) is 26.2. The number of ether oxygens (including phenoxy) is 1. The largest absolute Gasteiger partial charge is 0.497 e. The number of aromatic nitrogens is 3. The Kier molecular flexibility index (Phi) is 9.71. The average molecular weight is 603 g/mol. The number of likely N-dealkylation sites (N-methyl/N-ethyl adjacent to an activating group) is 1. The quantitative estimate of drug-likeness (QED) is 0.180. The molecule has 3 heterocycles. The normalized spacial score (nSPS) is 14.7. The number of anilines is 1. The third-order valence-corrected chi connectivity index (χ3v) is 8.88. The first-order chi connectivity index (χ1) is 22.1. The van der Waals surface area contributed by atoms with Crippen LogP contribution in [0.15, 0.2) is 103 Å². The number of methoxy groups -OCH3 is 1.